The van der Waals surface area contributed by atoms with Gasteiger partial charge in [-0.05, 0) is 58.9 Å². The monoisotopic (exact) mass is 411 g/mol. The molecule has 1 saturated carbocycles. The highest BCUT2D eigenvalue weighted by atomic mass is 28.3. The summed E-state index contributed by atoms with van der Waals surface area (Å²) in [5.41, 5.74) is 3.65. The fourth-order valence-corrected chi connectivity index (χ4v) is 10.4. The molecule has 5 heteroatoms. The van der Waals surface area contributed by atoms with Gasteiger partial charge in [0.25, 0.3) is 0 Å². The van der Waals surface area contributed by atoms with Crippen LogP contribution in [0.15, 0.2) is 42.5 Å². The highest BCUT2D eigenvalue weighted by Gasteiger charge is 2.54. The summed E-state index contributed by atoms with van der Waals surface area (Å²) in [7, 11) is 0.0967. The molecule has 2 fully saturated rings. The predicted octanol–water partition coefficient (Wildman–Crippen LogP) is 4.50. The summed E-state index contributed by atoms with van der Waals surface area (Å²) in [6, 6.07) is 8.67. The van der Waals surface area contributed by atoms with Crippen LogP contribution in [-0.4, -0.2) is 39.9 Å². The standard InChI is InChI=1S/C24H37N3OSi/c1-17(2)22-13-23-20(18-9-11-19(28-3)12-10-18)7-6-8-21(23)24(22)29(4,5)27-15-25-14-26-16-27/h6-12,17,21-26H,13-16H2,1-5H3. The maximum atomic E-state index is 5.38. The summed E-state index contributed by atoms with van der Waals surface area (Å²) in [4.78, 5) is 0. The molecule has 1 aromatic rings. The third-order valence-electron chi connectivity index (χ3n) is 7.64. The Morgan fingerprint density at radius 3 is 2.41 bits per heavy atom. The van der Waals surface area contributed by atoms with Gasteiger partial charge in [-0.2, -0.15) is 0 Å². The maximum Gasteiger partial charge on any atom is 0.129 e. The lowest BCUT2D eigenvalue weighted by Crippen LogP contribution is -2.63. The van der Waals surface area contributed by atoms with Gasteiger partial charge in [0.15, 0.2) is 0 Å². The Morgan fingerprint density at radius 2 is 1.79 bits per heavy atom. The fraction of sp³-hybridized carbons (Fsp3) is 0.583. The number of methoxy groups -OCH3 is 1. The molecule has 158 valence electrons. The van der Waals surface area contributed by atoms with Crippen molar-refractivity contribution < 1.29 is 4.74 Å². The number of nitrogens with zero attached hydrogens (tertiary/aromatic N) is 1. The van der Waals surface area contributed by atoms with E-state index in [2.05, 4.69) is 84.6 Å². The molecule has 3 aliphatic rings. The molecule has 0 aromatic heterocycles. The van der Waals surface area contributed by atoms with E-state index in [0.29, 0.717) is 17.8 Å². The van der Waals surface area contributed by atoms with Crippen LogP contribution in [0.2, 0.25) is 18.6 Å². The van der Waals surface area contributed by atoms with E-state index in [4.69, 9.17) is 4.74 Å². The van der Waals surface area contributed by atoms with Gasteiger partial charge in [-0.3, -0.25) is 15.2 Å². The lowest BCUT2D eigenvalue weighted by molar-refractivity contribution is 0.272. The largest absolute Gasteiger partial charge is 0.497 e. The SMILES string of the molecule is COc1ccc(C2=CC=CC3C2CC(C(C)C)C3[Si](C)(C)N2CNCNC2)cc1. The summed E-state index contributed by atoms with van der Waals surface area (Å²) in [5, 5.41) is 7.07. The van der Waals surface area contributed by atoms with Crippen LogP contribution in [0.25, 0.3) is 5.57 Å². The Bertz CT molecular complexity index is 765. The molecule has 29 heavy (non-hydrogen) atoms. The zero-order chi connectivity index (χ0) is 20.6. The van der Waals surface area contributed by atoms with Crippen molar-refractivity contribution in [2.24, 2.45) is 23.7 Å². The van der Waals surface area contributed by atoms with Crippen molar-refractivity contribution in [2.75, 3.05) is 27.1 Å². The third-order valence-corrected chi connectivity index (χ3v) is 12.0. The van der Waals surface area contributed by atoms with Crippen molar-refractivity contribution in [1.29, 1.82) is 0 Å². The minimum Gasteiger partial charge on any atom is -0.497 e. The Balaban J connectivity index is 1.66. The number of allylic oxidation sites excluding steroid dienone is 4. The number of rotatable bonds is 5. The molecule has 4 atom stereocenters. The first kappa shape index (κ1) is 20.9. The van der Waals surface area contributed by atoms with Gasteiger partial charge < -0.3 is 4.74 Å². The topological polar surface area (TPSA) is 36.5 Å². The van der Waals surface area contributed by atoms with E-state index >= 15 is 0 Å². The summed E-state index contributed by atoms with van der Waals surface area (Å²) >= 11 is 0. The van der Waals surface area contributed by atoms with Gasteiger partial charge in [0.05, 0.1) is 7.11 Å². The third kappa shape index (κ3) is 3.86. The lowest BCUT2D eigenvalue weighted by atomic mass is 9.81. The zero-order valence-electron chi connectivity index (χ0n) is 18.6. The Labute approximate surface area is 177 Å². The van der Waals surface area contributed by atoms with Crippen LogP contribution in [0.1, 0.15) is 25.8 Å². The van der Waals surface area contributed by atoms with Crippen LogP contribution >= 0.6 is 0 Å². The first-order chi connectivity index (χ1) is 13.9. The normalized spacial score (nSPS) is 30.3. The van der Waals surface area contributed by atoms with Gasteiger partial charge in [0.1, 0.15) is 14.0 Å². The lowest BCUT2D eigenvalue weighted by Gasteiger charge is -2.48. The molecule has 4 nitrogen and oxygen atoms in total. The van der Waals surface area contributed by atoms with E-state index in [1.54, 1.807) is 7.11 Å². The number of benzene rings is 1. The van der Waals surface area contributed by atoms with Crippen molar-refractivity contribution in [3.8, 4) is 5.75 Å². The van der Waals surface area contributed by atoms with Crippen molar-refractivity contribution in [2.45, 2.75) is 38.9 Å². The minimum atomic E-state index is -1.64. The molecule has 0 amide bonds. The van der Waals surface area contributed by atoms with Crippen molar-refractivity contribution in [3.05, 3.63) is 48.1 Å². The zero-order valence-corrected chi connectivity index (χ0v) is 19.6. The average Bonchev–Trinajstić information content (AvgIpc) is 3.15. The molecule has 4 rings (SSSR count). The second kappa shape index (κ2) is 8.38. The number of ether oxygens (including phenoxy) is 1. The highest BCUT2D eigenvalue weighted by Crippen LogP contribution is 2.59. The van der Waals surface area contributed by atoms with Gasteiger partial charge in [0.2, 0.25) is 0 Å². The summed E-state index contributed by atoms with van der Waals surface area (Å²) < 4.78 is 8.11. The molecule has 1 saturated heterocycles. The molecule has 1 aromatic carbocycles. The maximum absolute atomic E-state index is 5.38. The van der Waals surface area contributed by atoms with E-state index in [-0.39, 0.29) is 0 Å². The summed E-state index contributed by atoms with van der Waals surface area (Å²) in [6.07, 6.45) is 8.53. The second-order valence-electron chi connectivity index (χ2n) is 9.78. The molecule has 2 aliphatic carbocycles. The smallest absolute Gasteiger partial charge is 0.129 e. The van der Waals surface area contributed by atoms with Crippen molar-refractivity contribution >= 4 is 13.8 Å². The van der Waals surface area contributed by atoms with Crippen LogP contribution in [0.5, 0.6) is 5.75 Å². The van der Waals surface area contributed by atoms with Crippen LogP contribution in [0, 0.1) is 23.7 Å². The Morgan fingerprint density at radius 1 is 1.10 bits per heavy atom. The van der Waals surface area contributed by atoms with E-state index in [1.165, 1.54) is 17.6 Å². The highest BCUT2D eigenvalue weighted by molar-refractivity contribution is 6.76. The quantitative estimate of drug-likeness (QED) is 0.700. The van der Waals surface area contributed by atoms with Crippen molar-refractivity contribution in [1.82, 2.24) is 15.2 Å². The number of hydrogen-bond acceptors (Lipinski definition) is 4. The number of hydrogen-bond donors (Lipinski definition) is 2. The molecule has 1 heterocycles. The Kier molecular flexibility index (Phi) is 6.03. The van der Waals surface area contributed by atoms with Crippen LogP contribution in [0.4, 0.5) is 0 Å². The van der Waals surface area contributed by atoms with E-state index < -0.39 is 8.24 Å². The summed E-state index contributed by atoms with van der Waals surface area (Å²) in [5.74, 6) is 3.70. The average molecular weight is 412 g/mol. The molecule has 0 radical (unpaired) electrons. The van der Waals surface area contributed by atoms with E-state index in [0.717, 1.165) is 37.2 Å². The molecule has 1 aliphatic heterocycles. The van der Waals surface area contributed by atoms with Crippen LogP contribution in [-0.2, 0) is 0 Å². The summed E-state index contributed by atoms with van der Waals surface area (Å²) in [6.45, 7) is 13.0. The van der Waals surface area contributed by atoms with Gasteiger partial charge >= 0.3 is 0 Å². The first-order valence-electron chi connectivity index (χ1n) is 11.1. The molecule has 0 bridgehead atoms. The molecular weight excluding hydrogens is 374 g/mol. The molecule has 2 N–H and O–H groups in total. The van der Waals surface area contributed by atoms with Gasteiger partial charge in [-0.1, -0.05) is 57.3 Å². The van der Waals surface area contributed by atoms with Crippen LogP contribution < -0.4 is 15.4 Å². The van der Waals surface area contributed by atoms with Crippen LogP contribution in [0.3, 0.4) is 0 Å². The Hall–Kier alpha value is -1.40. The molecule has 4 unspecified atom stereocenters. The molecule has 0 spiro atoms. The van der Waals surface area contributed by atoms with E-state index in [9.17, 15) is 0 Å². The van der Waals surface area contributed by atoms with Gasteiger partial charge in [0, 0.05) is 20.0 Å². The van der Waals surface area contributed by atoms with E-state index in [1.807, 2.05) is 0 Å². The first-order valence-corrected chi connectivity index (χ1v) is 14.1. The van der Waals surface area contributed by atoms with Gasteiger partial charge in [-0.15, -0.1) is 0 Å². The van der Waals surface area contributed by atoms with Gasteiger partial charge in [-0.25, -0.2) is 0 Å². The minimum absolute atomic E-state index is 0.628. The predicted molar refractivity (Wildman–Crippen MR) is 124 cm³/mol. The fourth-order valence-electron chi connectivity index (χ4n) is 6.05. The molecular formula is C24H37N3OSi. The second-order valence-corrected chi connectivity index (χ2v) is 14.4. The van der Waals surface area contributed by atoms with Crippen molar-refractivity contribution in [3.63, 3.8) is 0 Å². The number of fused-ring (bicyclic) bond motifs is 1. The number of nitrogens with one attached hydrogen (secondary N) is 2.